The van der Waals surface area contributed by atoms with Gasteiger partial charge in [0.05, 0.1) is 43.2 Å². The highest BCUT2D eigenvalue weighted by molar-refractivity contribution is 7.91. The first-order valence-corrected chi connectivity index (χ1v) is 17.2. The highest BCUT2D eigenvalue weighted by Gasteiger charge is 2.42. The SMILES string of the molecule is CCCC[C@]1(CC)CS(=O)(=O)c2cc(CCCP(=O)(OCC)OCC)c(OC)cc2[C@@H](c2ccccc2)N1. The molecule has 0 unspecified atom stereocenters. The number of hydrogen-bond acceptors (Lipinski definition) is 7. The molecule has 212 valence electrons. The summed E-state index contributed by atoms with van der Waals surface area (Å²) in [5.74, 6) is 0.671. The summed E-state index contributed by atoms with van der Waals surface area (Å²) in [6, 6.07) is 13.4. The number of hydrogen-bond donors (Lipinski definition) is 1. The van der Waals surface area contributed by atoms with Gasteiger partial charge in [-0.25, -0.2) is 8.42 Å². The van der Waals surface area contributed by atoms with E-state index < -0.39 is 23.0 Å². The van der Waals surface area contributed by atoms with Crippen LogP contribution in [-0.2, 0) is 29.9 Å². The number of nitrogens with one attached hydrogen (secondary N) is 1. The zero-order chi connectivity index (χ0) is 27.8. The molecular formula is C29H44NO6PS. The molecule has 1 aliphatic rings. The topological polar surface area (TPSA) is 90.9 Å². The molecule has 1 aliphatic heterocycles. The van der Waals surface area contributed by atoms with Crippen LogP contribution >= 0.6 is 7.60 Å². The molecule has 2 aromatic rings. The van der Waals surface area contributed by atoms with Gasteiger partial charge in [0.15, 0.2) is 9.84 Å². The molecule has 7 nitrogen and oxygen atoms in total. The van der Waals surface area contributed by atoms with E-state index in [0.717, 1.165) is 30.4 Å². The summed E-state index contributed by atoms with van der Waals surface area (Å²) in [6.07, 6.45) is 4.70. The molecule has 1 N–H and O–H groups in total. The molecule has 1 heterocycles. The molecule has 0 bridgehead atoms. The Morgan fingerprint density at radius 3 is 2.29 bits per heavy atom. The Kier molecular flexibility index (Phi) is 11.0. The van der Waals surface area contributed by atoms with Crippen molar-refractivity contribution < 1.29 is 26.8 Å². The number of aryl methyl sites for hydroxylation is 1. The van der Waals surface area contributed by atoms with E-state index in [1.807, 2.05) is 36.4 Å². The van der Waals surface area contributed by atoms with Gasteiger partial charge in [0.1, 0.15) is 5.75 Å². The highest BCUT2D eigenvalue weighted by atomic mass is 32.2. The van der Waals surface area contributed by atoms with Crippen molar-refractivity contribution in [2.75, 3.05) is 32.2 Å². The Morgan fingerprint density at radius 2 is 1.71 bits per heavy atom. The third kappa shape index (κ3) is 7.28. The Hall–Kier alpha value is -1.70. The maximum Gasteiger partial charge on any atom is 0.330 e. The van der Waals surface area contributed by atoms with Crippen molar-refractivity contribution in [3.63, 3.8) is 0 Å². The minimum atomic E-state index is -3.61. The molecule has 0 saturated heterocycles. The van der Waals surface area contributed by atoms with Crippen LogP contribution in [0, 0.1) is 0 Å². The van der Waals surface area contributed by atoms with Crippen molar-refractivity contribution in [2.24, 2.45) is 0 Å². The largest absolute Gasteiger partial charge is 0.496 e. The van der Waals surface area contributed by atoms with E-state index in [1.165, 1.54) is 0 Å². The van der Waals surface area contributed by atoms with Crippen LogP contribution in [0.3, 0.4) is 0 Å². The molecule has 0 amide bonds. The van der Waals surface area contributed by atoms with Gasteiger partial charge in [0.25, 0.3) is 0 Å². The van der Waals surface area contributed by atoms with Crippen LogP contribution in [0.25, 0.3) is 0 Å². The zero-order valence-corrected chi connectivity index (χ0v) is 25.2. The monoisotopic (exact) mass is 565 g/mol. The molecular weight excluding hydrogens is 521 g/mol. The van der Waals surface area contributed by atoms with Gasteiger partial charge in [0.2, 0.25) is 0 Å². The maximum atomic E-state index is 14.0. The van der Waals surface area contributed by atoms with Gasteiger partial charge in [-0.2, -0.15) is 0 Å². The molecule has 0 aromatic heterocycles. The first-order chi connectivity index (χ1) is 18.2. The second kappa shape index (κ2) is 13.6. The lowest BCUT2D eigenvalue weighted by Crippen LogP contribution is -2.50. The van der Waals surface area contributed by atoms with E-state index in [-0.39, 0.29) is 18.0 Å². The number of unbranched alkanes of at least 4 members (excludes halogenated alkanes) is 1. The van der Waals surface area contributed by atoms with E-state index in [4.69, 9.17) is 13.8 Å². The maximum absolute atomic E-state index is 14.0. The van der Waals surface area contributed by atoms with Crippen molar-refractivity contribution in [2.45, 2.75) is 82.7 Å². The van der Waals surface area contributed by atoms with Crippen LogP contribution in [0.4, 0.5) is 0 Å². The lowest BCUT2D eigenvalue weighted by atomic mass is 9.87. The zero-order valence-electron chi connectivity index (χ0n) is 23.5. The normalized spacial score (nSPS) is 21.0. The smallest absolute Gasteiger partial charge is 0.330 e. The molecule has 0 saturated carbocycles. The van der Waals surface area contributed by atoms with Gasteiger partial charge in [-0.1, -0.05) is 57.0 Å². The van der Waals surface area contributed by atoms with Crippen LogP contribution in [0.2, 0.25) is 0 Å². The van der Waals surface area contributed by atoms with E-state index in [9.17, 15) is 13.0 Å². The van der Waals surface area contributed by atoms with Gasteiger partial charge in [-0.05, 0) is 68.4 Å². The van der Waals surface area contributed by atoms with Gasteiger partial charge >= 0.3 is 7.60 Å². The van der Waals surface area contributed by atoms with E-state index in [0.29, 0.717) is 48.7 Å². The van der Waals surface area contributed by atoms with E-state index >= 15 is 0 Å². The van der Waals surface area contributed by atoms with Gasteiger partial charge in [-0.3, -0.25) is 9.88 Å². The number of rotatable bonds is 14. The number of ether oxygens (including phenoxy) is 1. The molecule has 3 rings (SSSR count). The summed E-state index contributed by atoms with van der Waals surface area (Å²) < 4.78 is 57.6. The van der Waals surface area contributed by atoms with Crippen molar-refractivity contribution in [1.82, 2.24) is 5.32 Å². The first-order valence-electron chi connectivity index (χ1n) is 13.8. The predicted octanol–water partition coefficient (Wildman–Crippen LogP) is 6.70. The van der Waals surface area contributed by atoms with Gasteiger partial charge < -0.3 is 13.8 Å². The summed E-state index contributed by atoms with van der Waals surface area (Å²) >= 11 is 0. The molecule has 2 aromatic carbocycles. The first kappa shape index (κ1) is 30.8. The summed E-state index contributed by atoms with van der Waals surface area (Å²) in [5.41, 5.74) is 1.96. The van der Waals surface area contributed by atoms with Crippen molar-refractivity contribution in [1.29, 1.82) is 0 Å². The Labute approximate surface area is 229 Å². The molecule has 0 spiro atoms. The summed E-state index contributed by atoms with van der Waals surface area (Å²) in [4.78, 5) is 0.347. The molecule has 38 heavy (non-hydrogen) atoms. The molecule has 0 radical (unpaired) electrons. The number of benzene rings is 2. The van der Waals surface area contributed by atoms with Gasteiger partial charge in [-0.15, -0.1) is 0 Å². The second-order valence-electron chi connectivity index (χ2n) is 9.96. The lowest BCUT2D eigenvalue weighted by Gasteiger charge is -2.36. The van der Waals surface area contributed by atoms with E-state index in [1.54, 1.807) is 27.0 Å². The fourth-order valence-electron chi connectivity index (χ4n) is 5.34. The van der Waals surface area contributed by atoms with Crippen molar-refractivity contribution >= 4 is 17.4 Å². The summed E-state index contributed by atoms with van der Waals surface area (Å²) in [7, 11) is -5.20. The number of methoxy groups -OCH3 is 1. The lowest BCUT2D eigenvalue weighted by molar-refractivity contribution is 0.220. The minimum absolute atomic E-state index is 0.0441. The minimum Gasteiger partial charge on any atom is -0.496 e. The van der Waals surface area contributed by atoms with Crippen molar-refractivity contribution in [3.8, 4) is 5.75 Å². The Balaban J connectivity index is 2.07. The highest BCUT2D eigenvalue weighted by Crippen LogP contribution is 2.49. The average Bonchev–Trinajstić information content (AvgIpc) is 3.00. The summed E-state index contributed by atoms with van der Waals surface area (Å²) in [5, 5.41) is 3.80. The quantitative estimate of drug-likeness (QED) is 0.255. The molecule has 2 atom stereocenters. The van der Waals surface area contributed by atoms with Crippen LogP contribution in [0.5, 0.6) is 5.75 Å². The molecule has 0 fully saturated rings. The fraction of sp³-hybridized carbons (Fsp3) is 0.586. The number of fused-ring (bicyclic) bond motifs is 1. The van der Waals surface area contributed by atoms with Gasteiger partial charge in [0, 0.05) is 5.54 Å². The summed E-state index contributed by atoms with van der Waals surface area (Å²) in [6.45, 7) is 8.40. The van der Waals surface area contributed by atoms with Crippen LogP contribution in [0.1, 0.15) is 82.5 Å². The Bertz CT molecular complexity index is 1190. The second-order valence-corrected chi connectivity index (χ2v) is 14.1. The fourth-order valence-corrected chi connectivity index (χ4v) is 9.17. The molecule has 0 aliphatic carbocycles. The third-order valence-electron chi connectivity index (χ3n) is 7.32. The van der Waals surface area contributed by atoms with Crippen LogP contribution in [-0.4, -0.2) is 46.2 Å². The number of sulfone groups is 1. The van der Waals surface area contributed by atoms with Crippen LogP contribution < -0.4 is 10.1 Å². The van der Waals surface area contributed by atoms with Crippen LogP contribution in [0.15, 0.2) is 47.4 Å². The van der Waals surface area contributed by atoms with Crippen molar-refractivity contribution in [3.05, 3.63) is 59.2 Å². The third-order valence-corrected chi connectivity index (χ3v) is 11.4. The Morgan fingerprint density at radius 1 is 1.03 bits per heavy atom. The van der Waals surface area contributed by atoms with E-state index in [2.05, 4.69) is 19.2 Å². The molecule has 9 heteroatoms. The predicted molar refractivity (Wildman–Crippen MR) is 153 cm³/mol. The average molecular weight is 566 g/mol. The standard InChI is InChI=1S/C29H44NO6PS/c1-6-10-18-29(7-2)22-38(32,33)27-20-24(17-14-19-37(31,35-8-3)36-9-4)26(34-5)21-25(27)28(30-29)23-15-12-11-13-16-23/h11-13,15-16,20-21,28,30H,6-10,14,17-19,22H2,1-5H3/t28-,29-/m1/s1.